The largest absolute Gasteiger partial charge is 0.249 e. The Balaban J connectivity index is 2.02. The van der Waals surface area contributed by atoms with Crippen molar-refractivity contribution in [3.8, 4) is 0 Å². The molecule has 1 unspecified atom stereocenters. The van der Waals surface area contributed by atoms with Crippen LogP contribution >= 0.6 is 43.6 Å². The lowest BCUT2D eigenvalue weighted by atomic mass is 10.0. The number of hydrogen-bond acceptors (Lipinski definition) is 2. The van der Waals surface area contributed by atoms with Gasteiger partial charge in [-0.3, -0.25) is 0 Å². The Labute approximate surface area is 129 Å². The molecule has 1 atom stereocenters. The molecule has 0 saturated carbocycles. The van der Waals surface area contributed by atoms with Gasteiger partial charge in [0, 0.05) is 27.7 Å². The molecule has 1 heterocycles. The van der Waals surface area contributed by atoms with Gasteiger partial charge in [0.05, 0.1) is 0 Å². The monoisotopic (exact) mass is 385 g/mol. The first-order valence-electron chi connectivity index (χ1n) is 5.65. The van der Waals surface area contributed by atoms with Crippen molar-refractivity contribution in [2.75, 3.05) is 11.1 Å². The zero-order valence-electron chi connectivity index (χ0n) is 9.72. The number of thioether (sulfide) groups is 1. The van der Waals surface area contributed by atoms with Crippen molar-refractivity contribution in [1.29, 1.82) is 0 Å². The Hall–Kier alpha value is -0.320. The van der Waals surface area contributed by atoms with Crippen LogP contribution in [0.1, 0.15) is 11.5 Å². The van der Waals surface area contributed by atoms with E-state index in [1.165, 1.54) is 5.56 Å². The lowest BCUT2D eigenvalue weighted by molar-refractivity contribution is 0.899. The molecule has 0 spiro atoms. The zero-order valence-corrected chi connectivity index (χ0v) is 13.7. The molecular weight excluding hydrogens is 374 g/mol. The smallest absolute Gasteiger partial charge is 0.110 e. The van der Waals surface area contributed by atoms with Crippen LogP contribution in [-0.4, -0.2) is 16.1 Å². The van der Waals surface area contributed by atoms with E-state index in [-0.39, 0.29) is 0 Å². The molecule has 1 nitrogen and oxygen atoms in total. The van der Waals surface area contributed by atoms with Crippen LogP contribution in [-0.2, 0) is 0 Å². The van der Waals surface area contributed by atoms with Crippen LogP contribution in [0, 0.1) is 0 Å². The first-order valence-corrected chi connectivity index (χ1v) is 8.55. The predicted octanol–water partition coefficient (Wildman–Crippen LogP) is 5.11. The summed E-state index contributed by atoms with van der Waals surface area (Å²) in [6.07, 6.45) is 1.83. The number of hydrogen-bond donors (Lipinski definition) is 0. The molecule has 0 bridgehead atoms. The SMILES string of the molecule is BrCC(CSc1ncccc1Br)c1ccccc1. The minimum atomic E-state index is 0.505. The number of halogens is 2. The molecule has 0 aliphatic carbocycles. The van der Waals surface area contributed by atoms with Crippen molar-refractivity contribution in [2.24, 2.45) is 0 Å². The molecule has 0 amide bonds. The van der Waals surface area contributed by atoms with E-state index in [0.717, 1.165) is 20.6 Å². The third kappa shape index (κ3) is 3.84. The predicted molar refractivity (Wildman–Crippen MR) is 85.6 cm³/mol. The highest BCUT2D eigenvalue weighted by Crippen LogP contribution is 2.30. The first kappa shape index (κ1) is 14.1. The molecule has 0 radical (unpaired) electrons. The summed E-state index contributed by atoms with van der Waals surface area (Å²) in [5.74, 6) is 1.52. The van der Waals surface area contributed by atoms with Crippen LogP contribution in [0.3, 0.4) is 0 Å². The number of alkyl halides is 1. The number of rotatable bonds is 5. The van der Waals surface area contributed by atoms with Crippen LogP contribution in [0.25, 0.3) is 0 Å². The van der Waals surface area contributed by atoms with Gasteiger partial charge in [-0.05, 0) is 33.6 Å². The van der Waals surface area contributed by atoms with Gasteiger partial charge in [-0.2, -0.15) is 0 Å². The maximum absolute atomic E-state index is 4.38. The van der Waals surface area contributed by atoms with Crippen molar-refractivity contribution < 1.29 is 0 Å². The van der Waals surface area contributed by atoms with Crippen molar-refractivity contribution in [1.82, 2.24) is 4.98 Å². The average Bonchev–Trinajstić information content (AvgIpc) is 2.42. The summed E-state index contributed by atoms with van der Waals surface area (Å²) in [4.78, 5) is 4.38. The summed E-state index contributed by atoms with van der Waals surface area (Å²) in [7, 11) is 0. The maximum atomic E-state index is 4.38. The highest BCUT2D eigenvalue weighted by molar-refractivity contribution is 9.10. The second-order valence-electron chi connectivity index (χ2n) is 3.86. The van der Waals surface area contributed by atoms with Crippen molar-refractivity contribution in [3.05, 3.63) is 58.7 Å². The van der Waals surface area contributed by atoms with E-state index in [4.69, 9.17) is 0 Å². The topological polar surface area (TPSA) is 12.9 Å². The van der Waals surface area contributed by atoms with Crippen molar-refractivity contribution in [3.63, 3.8) is 0 Å². The van der Waals surface area contributed by atoms with Gasteiger partial charge in [-0.1, -0.05) is 46.3 Å². The standard InChI is InChI=1S/C14H13Br2NS/c15-9-12(11-5-2-1-3-6-11)10-18-14-13(16)7-4-8-17-14/h1-8,12H,9-10H2. The van der Waals surface area contributed by atoms with E-state index < -0.39 is 0 Å². The van der Waals surface area contributed by atoms with Crippen LogP contribution in [0.4, 0.5) is 0 Å². The Morgan fingerprint density at radius 1 is 1.11 bits per heavy atom. The van der Waals surface area contributed by atoms with Gasteiger partial charge in [-0.25, -0.2) is 4.98 Å². The Morgan fingerprint density at radius 2 is 1.89 bits per heavy atom. The van der Waals surface area contributed by atoms with Gasteiger partial charge in [-0.15, -0.1) is 11.8 Å². The molecule has 1 aromatic carbocycles. The van der Waals surface area contributed by atoms with E-state index in [9.17, 15) is 0 Å². The Bertz CT molecular complexity index is 490. The maximum Gasteiger partial charge on any atom is 0.110 e. The Morgan fingerprint density at radius 3 is 2.56 bits per heavy atom. The highest BCUT2D eigenvalue weighted by atomic mass is 79.9. The van der Waals surface area contributed by atoms with Gasteiger partial charge in [0.15, 0.2) is 0 Å². The van der Waals surface area contributed by atoms with Gasteiger partial charge < -0.3 is 0 Å². The molecule has 2 rings (SSSR count). The summed E-state index contributed by atoms with van der Waals surface area (Å²) in [6.45, 7) is 0. The Kier molecular flexibility index (Phi) is 5.73. The number of pyridine rings is 1. The quantitative estimate of drug-likeness (QED) is 0.522. The van der Waals surface area contributed by atoms with Gasteiger partial charge in [0.25, 0.3) is 0 Å². The van der Waals surface area contributed by atoms with Crippen LogP contribution in [0.2, 0.25) is 0 Å². The lowest BCUT2D eigenvalue weighted by Gasteiger charge is -2.14. The van der Waals surface area contributed by atoms with E-state index in [1.807, 2.05) is 18.3 Å². The van der Waals surface area contributed by atoms with Gasteiger partial charge in [0.2, 0.25) is 0 Å². The average molecular weight is 387 g/mol. The molecule has 18 heavy (non-hydrogen) atoms. The highest BCUT2D eigenvalue weighted by Gasteiger charge is 2.11. The fourth-order valence-corrected chi connectivity index (χ4v) is 4.13. The first-order chi connectivity index (χ1) is 8.81. The molecule has 0 aliphatic heterocycles. The van der Waals surface area contributed by atoms with E-state index in [2.05, 4.69) is 67.2 Å². The number of aromatic nitrogens is 1. The number of benzene rings is 1. The molecule has 0 saturated heterocycles. The van der Waals surface area contributed by atoms with Crippen LogP contribution < -0.4 is 0 Å². The second kappa shape index (κ2) is 7.31. The van der Waals surface area contributed by atoms with E-state index in [0.29, 0.717) is 5.92 Å². The third-order valence-corrected chi connectivity index (χ3v) is 5.45. The van der Waals surface area contributed by atoms with Crippen molar-refractivity contribution in [2.45, 2.75) is 10.9 Å². The molecule has 2 aromatic rings. The molecule has 0 fully saturated rings. The second-order valence-corrected chi connectivity index (χ2v) is 6.37. The fraction of sp³-hybridized carbons (Fsp3) is 0.214. The summed E-state index contributed by atoms with van der Waals surface area (Å²) < 4.78 is 1.07. The molecule has 0 N–H and O–H groups in total. The summed E-state index contributed by atoms with van der Waals surface area (Å²) in [5.41, 5.74) is 1.37. The molecule has 0 aliphatic rings. The summed E-state index contributed by atoms with van der Waals surface area (Å²) in [5, 5.41) is 2.02. The summed E-state index contributed by atoms with van der Waals surface area (Å²) >= 11 is 8.92. The molecule has 1 aromatic heterocycles. The van der Waals surface area contributed by atoms with Gasteiger partial charge >= 0.3 is 0 Å². The van der Waals surface area contributed by atoms with E-state index >= 15 is 0 Å². The van der Waals surface area contributed by atoms with Crippen molar-refractivity contribution >= 4 is 43.6 Å². The number of nitrogens with zero attached hydrogens (tertiary/aromatic N) is 1. The zero-order chi connectivity index (χ0) is 12.8. The van der Waals surface area contributed by atoms with E-state index in [1.54, 1.807) is 11.8 Å². The summed E-state index contributed by atoms with van der Waals surface area (Å²) in [6, 6.07) is 14.6. The molecule has 94 valence electrons. The molecule has 4 heteroatoms. The minimum Gasteiger partial charge on any atom is -0.249 e. The van der Waals surface area contributed by atoms with Gasteiger partial charge in [0.1, 0.15) is 5.03 Å². The lowest BCUT2D eigenvalue weighted by Crippen LogP contribution is -2.03. The third-order valence-electron chi connectivity index (χ3n) is 2.60. The fourth-order valence-electron chi connectivity index (χ4n) is 1.61. The van der Waals surface area contributed by atoms with Crippen LogP contribution in [0.15, 0.2) is 58.2 Å². The molecular formula is C14H13Br2NS. The normalized spacial score (nSPS) is 12.3. The van der Waals surface area contributed by atoms with Crippen LogP contribution in [0.5, 0.6) is 0 Å². The minimum absolute atomic E-state index is 0.505.